The van der Waals surface area contributed by atoms with Crippen LogP contribution in [-0.2, 0) is 4.74 Å². The van der Waals surface area contributed by atoms with Gasteiger partial charge in [-0.25, -0.2) is 0 Å². The molecule has 0 bridgehead atoms. The third kappa shape index (κ3) is 2.19. The monoisotopic (exact) mass is 275 g/mol. The first-order valence-corrected chi connectivity index (χ1v) is 7.21. The van der Waals surface area contributed by atoms with Gasteiger partial charge in [-0.15, -0.1) is 11.3 Å². The van der Waals surface area contributed by atoms with Gasteiger partial charge in [-0.1, -0.05) is 18.2 Å². The molecule has 3 rings (SSSR count). The van der Waals surface area contributed by atoms with Crippen LogP contribution in [0.4, 0.5) is 0 Å². The average molecular weight is 275 g/mol. The molecule has 100 valence electrons. The maximum atomic E-state index is 5.98. The molecule has 19 heavy (non-hydrogen) atoms. The summed E-state index contributed by atoms with van der Waals surface area (Å²) in [5.41, 5.74) is 7.30. The maximum absolute atomic E-state index is 5.98. The Bertz CT molecular complexity index is 608. The van der Waals surface area contributed by atoms with Gasteiger partial charge in [0.05, 0.1) is 19.2 Å². The van der Waals surface area contributed by atoms with Crippen molar-refractivity contribution in [1.82, 2.24) is 4.90 Å². The molecule has 0 saturated heterocycles. The lowest BCUT2D eigenvalue weighted by molar-refractivity contribution is 0.167. The number of thiophene rings is 1. The molecule has 0 fully saturated rings. The van der Waals surface area contributed by atoms with Gasteiger partial charge in [0.1, 0.15) is 0 Å². The Hall–Kier alpha value is -1.59. The second-order valence-corrected chi connectivity index (χ2v) is 5.50. The number of aliphatic imine (C=N–C) groups is 1. The standard InChI is InChI=1S/C14H17N3OS/c1-18-7-6-17-12(8-16-14(17)15)11-9-19-13-5-3-2-4-10(11)13/h2-5,9,12H,6-8H2,1H3,(H2,15,16). The minimum Gasteiger partial charge on any atom is -0.383 e. The SMILES string of the molecule is COCCN1C(N)=NCC1c1csc2ccccc12. The third-order valence-electron chi connectivity index (χ3n) is 3.50. The van der Waals surface area contributed by atoms with Gasteiger partial charge in [-0.05, 0) is 22.4 Å². The summed E-state index contributed by atoms with van der Waals surface area (Å²) in [4.78, 5) is 6.52. The molecule has 2 N–H and O–H groups in total. The molecular formula is C14H17N3OS. The molecule has 0 amide bonds. The Balaban J connectivity index is 1.93. The number of nitrogens with zero attached hydrogens (tertiary/aromatic N) is 2. The zero-order chi connectivity index (χ0) is 13.2. The molecule has 5 heteroatoms. The summed E-state index contributed by atoms with van der Waals surface area (Å²) in [5.74, 6) is 0.623. The van der Waals surface area contributed by atoms with Crippen molar-refractivity contribution >= 4 is 27.4 Å². The smallest absolute Gasteiger partial charge is 0.192 e. The summed E-state index contributed by atoms with van der Waals surface area (Å²) < 4.78 is 6.47. The quantitative estimate of drug-likeness (QED) is 0.931. The summed E-state index contributed by atoms with van der Waals surface area (Å²) in [5, 5.41) is 3.54. The first-order chi connectivity index (χ1) is 9.31. The lowest BCUT2D eigenvalue weighted by Gasteiger charge is -2.25. The Kier molecular flexibility index (Phi) is 3.40. The van der Waals surface area contributed by atoms with Crippen molar-refractivity contribution in [3.05, 3.63) is 35.2 Å². The van der Waals surface area contributed by atoms with E-state index in [0.29, 0.717) is 12.6 Å². The largest absolute Gasteiger partial charge is 0.383 e. The van der Waals surface area contributed by atoms with Crippen LogP contribution in [0.25, 0.3) is 10.1 Å². The molecule has 0 saturated carbocycles. The summed E-state index contributed by atoms with van der Waals surface area (Å²) >= 11 is 1.78. The van der Waals surface area contributed by atoms with Crippen LogP contribution in [0.2, 0.25) is 0 Å². The molecule has 1 aliphatic rings. The number of fused-ring (bicyclic) bond motifs is 1. The van der Waals surface area contributed by atoms with Crippen molar-refractivity contribution in [2.45, 2.75) is 6.04 Å². The number of methoxy groups -OCH3 is 1. The Morgan fingerprint density at radius 2 is 2.32 bits per heavy atom. The van der Waals surface area contributed by atoms with E-state index in [2.05, 4.69) is 39.5 Å². The predicted molar refractivity (Wildman–Crippen MR) is 79.6 cm³/mol. The molecule has 2 heterocycles. The number of benzene rings is 1. The highest BCUT2D eigenvalue weighted by molar-refractivity contribution is 7.17. The molecule has 1 aliphatic heterocycles. The van der Waals surface area contributed by atoms with Crippen LogP contribution >= 0.6 is 11.3 Å². The molecule has 1 aromatic carbocycles. The van der Waals surface area contributed by atoms with Gasteiger partial charge in [0.2, 0.25) is 0 Å². The molecule has 1 unspecified atom stereocenters. The van der Waals surface area contributed by atoms with Crippen molar-refractivity contribution in [3.8, 4) is 0 Å². The second kappa shape index (κ2) is 5.19. The number of hydrogen-bond donors (Lipinski definition) is 1. The first kappa shape index (κ1) is 12.4. The van der Waals surface area contributed by atoms with Gasteiger partial charge in [0.25, 0.3) is 0 Å². The van der Waals surface area contributed by atoms with E-state index >= 15 is 0 Å². The fraction of sp³-hybridized carbons (Fsp3) is 0.357. The number of hydrogen-bond acceptors (Lipinski definition) is 5. The van der Waals surface area contributed by atoms with E-state index in [4.69, 9.17) is 10.5 Å². The zero-order valence-electron chi connectivity index (χ0n) is 10.9. The van der Waals surface area contributed by atoms with Crippen LogP contribution in [0.15, 0.2) is 34.6 Å². The normalized spacial score (nSPS) is 19.1. The van der Waals surface area contributed by atoms with E-state index < -0.39 is 0 Å². The van der Waals surface area contributed by atoms with E-state index in [1.165, 1.54) is 15.6 Å². The lowest BCUT2D eigenvalue weighted by Crippen LogP contribution is -2.38. The molecule has 4 nitrogen and oxygen atoms in total. The average Bonchev–Trinajstić information content (AvgIpc) is 3.00. The minimum absolute atomic E-state index is 0.242. The van der Waals surface area contributed by atoms with Crippen molar-refractivity contribution in [3.63, 3.8) is 0 Å². The summed E-state index contributed by atoms with van der Waals surface area (Å²) in [7, 11) is 1.71. The molecule has 0 radical (unpaired) electrons. The minimum atomic E-state index is 0.242. The van der Waals surface area contributed by atoms with Crippen LogP contribution in [-0.4, -0.2) is 37.7 Å². The van der Waals surface area contributed by atoms with Gasteiger partial charge in [-0.2, -0.15) is 0 Å². The topological polar surface area (TPSA) is 50.9 Å². The highest BCUT2D eigenvalue weighted by Gasteiger charge is 2.28. The van der Waals surface area contributed by atoms with Crippen LogP contribution in [0.1, 0.15) is 11.6 Å². The van der Waals surface area contributed by atoms with Gasteiger partial charge in [0.15, 0.2) is 5.96 Å². The van der Waals surface area contributed by atoms with E-state index in [0.717, 1.165) is 13.1 Å². The maximum Gasteiger partial charge on any atom is 0.192 e. The third-order valence-corrected chi connectivity index (χ3v) is 4.48. The first-order valence-electron chi connectivity index (χ1n) is 6.33. The Labute approximate surface area is 116 Å². The van der Waals surface area contributed by atoms with Crippen LogP contribution in [0, 0.1) is 0 Å². The van der Waals surface area contributed by atoms with E-state index in [1.54, 1.807) is 18.4 Å². The fourth-order valence-electron chi connectivity index (χ4n) is 2.51. The van der Waals surface area contributed by atoms with E-state index in [-0.39, 0.29) is 6.04 Å². The number of guanidine groups is 1. The van der Waals surface area contributed by atoms with E-state index in [1.807, 2.05) is 0 Å². The van der Waals surface area contributed by atoms with Crippen molar-refractivity contribution in [2.24, 2.45) is 10.7 Å². The van der Waals surface area contributed by atoms with Gasteiger partial charge in [-0.3, -0.25) is 4.99 Å². The Morgan fingerprint density at radius 3 is 3.16 bits per heavy atom. The Morgan fingerprint density at radius 1 is 1.47 bits per heavy atom. The van der Waals surface area contributed by atoms with Crippen molar-refractivity contribution < 1.29 is 4.74 Å². The molecule has 2 aromatic rings. The highest BCUT2D eigenvalue weighted by atomic mass is 32.1. The van der Waals surface area contributed by atoms with Gasteiger partial charge >= 0.3 is 0 Å². The predicted octanol–water partition coefficient (Wildman–Crippen LogP) is 2.22. The van der Waals surface area contributed by atoms with Crippen LogP contribution in [0.3, 0.4) is 0 Å². The number of ether oxygens (including phenoxy) is 1. The highest BCUT2D eigenvalue weighted by Crippen LogP contribution is 2.34. The molecular weight excluding hydrogens is 258 g/mol. The molecule has 1 atom stereocenters. The summed E-state index contributed by atoms with van der Waals surface area (Å²) in [6, 6.07) is 8.72. The molecule has 0 spiro atoms. The van der Waals surface area contributed by atoms with Crippen molar-refractivity contribution in [1.29, 1.82) is 0 Å². The summed E-state index contributed by atoms with van der Waals surface area (Å²) in [6.45, 7) is 2.17. The zero-order valence-corrected chi connectivity index (χ0v) is 11.7. The summed E-state index contributed by atoms with van der Waals surface area (Å²) in [6.07, 6.45) is 0. The lowest BCUT2D eigenvalue weighted by atomic mass is 10.1. The molecule has 1 aromatic heterocycles. The van der Waals surface area contributed by atoms with Crippen molar-refractivity contribution in [2.75, 3.05) is 26.8 Å². The van der Waals surface area contributed by atoms with Crippen LogP contribution < -0.4 is 5.73 Å². The van der Waals surface area contributed by atoms with E-state index in [9.17, 15) is 0 Å². The van der Waals surface area contributed by atoms with Crippen LogP contribution in [0.5, 0.6) is 0 Å². The molecule has 0 aliphatic carbocycles. The number of rotatable bonds is 4. The van der Waals surface area contributed by atoms with Gasteiger partial charge in [0, 0.05) is 18.4 Å². The van der Waals surface area contributed by atoms with Gasteiger partial charge < -0.3 is 15.4 Å². The number of nitrogens with two attached hydrogens (primary N) is 1. The fourth-order valence-corrected chi connectivity index (χ4v) is 3.52. The second-order valence-electron chi connectivity index (χ2n) is 4.59.